The Morgan fingerprint density at radius 1 is 1.37 bits per heavy atom. The second-order valence-electron chi connectivity index (χ2n) is 4.66. The first-order chi connectivity index (χ1) is 8.99. The normalized spacial score (nSPS) is 15.4. The van der Waals surface area contributed by atoms with Crippen LogP contribution >= 0.6 is 0 Å². The predicted molar refractivity (Wildman–Crippen MR) is 67.2 cm³/mol. The third-order valence-corrected chi connectivity index (χ3v) is 2.84. The molecular formula is C12H17F3N4. The Bertz CT molecular complexity index is 418. The molecule has 1 fully saturated rings. The zero-order valence-electron chi connectivity index (χ0n) is 10.7. The van der Waals surface area contributed by atoms with E-state index in [4.69, 9.17) is 0 Å². The van der Waals surface area contributed by atoms with Gasteiger partial charge in [-0.2, -0.15) is 13.2 Å². The monoisotopic (exact) mass is 274 g/mol. The van der Waals surface area contributed by atoms with Crippen LogP contribution in [0.15, 0.2) is 12.4 Å². The van der Waals surface area contributed by atoms with Gasteiger partial charge < -0.3 is 10.2 Å². The molecule has 1 saturated carbocycles. The van der Waals surface area contributed by atoms with E-state index in [1.165, 1.54) is 11.2 Å². The first kappa shape index (κ1) is 13.9. The van der Waals surface area contributed by atoms with Gasteiger partial charge in [-0.3, -0.25) is 0 Å². The fraction of sp³-hybridized carbons (Fsp3) is 0.667. The third kappa shape index (κ3) is 4.25. The highest BCUT2D eigenvalue weighted by molar-refractivity contribution is 5.50. The Labute approximate surface area is 110 Å². The highest BCUT2D eigenvalue weighted by Crippen LogP contribution is 2.33. The molecule has 106 valence electrons. The van der Waals surface area contributed by atoms with Crippen molar-refractivity contribution in [3.8, 4) is 0 Å². The van der Waals surface area contributed by atoms with Crippen molar-refractivity contribution < 1.29 is 13.2 Å². The molecule has 0 aliphatic heterocycles. The second-order valence-corrected chi connectivity index (χ2v) is 4.66. The van der Waals surface area contributed by atoms with Crippen LogP contribution in [-0.4, -0.2) is 35.3 Å². The van der Waals surface area contributed by atoms with Gasteiger partial charge >= 0.3 is 6.18 Å². The first-order valence-corrected chi connectivity index (χ1v) is 6.39. The van der Waals surface area contributed by atoms with Gasteiger partial charge in [0.05, 0.1) is 0 Å². The molecule has 7 heteroatoms. The van der Waals surface area contributed by atoms with Gasteiger partial charge in [0.15, 0.2) is 0 Å². The summed E-state index contributed by atoms with van der Waals surface area (Å²) >= 11 is 0. The number of halogens is 3. The Morgan fingerprint density at radius 2 is 2.11 bits per heavy atom. The minimum absolute atomic E-state index is 0.0458. The van der Waals surface area contributed by atoms with E-state index in [9.17, 15) is 13.2 Å². The largest absolute Gasteiger partial charge is 0.405 e. The van der Waals surface area contributed by atoms with Gasteiger partial charge in [-0.1, -0.05) is 6.92 Å². The molecular weight excluding hydrogens is 257 g/mol. The lowest BCUT2D eigenvalue weighted by molar-refractivity contribution is -0.120. The summed E-state index contributed by atoms with van der Waals surface area (Å²) in [7, 11) is 0. The summed E-state index contributed by atoms with van der Waals surface area (Å²) in [5, 5.41) is 3.05. The number of nitrogens with zero attached hydrogens (tertiary/aromatic N) is 3. The number of nitrogens with one attached hydrogen (secondary N) is 1. The number of alkyl halides is 3. The lowest BCUT2D eigenvalue weighted by atomic mass is 10.4. The maximum atomic E-state index is 12.6. The molecule has 0 spiro atoms. The summed E-state index contributed by atoms with van der Waals surface area (Å²) in [5.41, 5.74) is 0. The van der Waals surface area contributed by atoms with Gasteiger partial charge in [0.2, 0.25) is 0 Å². The quantitative estimate of drug-likeness (QED) is 0.866. The topological polar surface area (TPSA) is 41.0 Å². The average Bonchev–Trinajstić information content (AvgIpc) is 3.17. The Hall–Kier alpha value is -1.53. The summed E-state index contributed by atoms with van der Waals surface area (Å²) in [6.45, 7) is 1.79. The smallest absolute Gasteiger partial charge is 0.370 e. The van der Waals surface area contributed by atoms with Crippen molar-refractivity contribution in [2.45, 2.75) is 38.4 Å². The molecule has 1 aromatic rings. The SMILES string of the molecule is CCCNc1cc(N(CC(F)(F)F)C2CC2)ncn1. The molecule has 1 aliphatic rings. The van der Waals surface area contributed by atoms with Crippen LogP contribution in [0.1, 0.15) is 26.2 Å². The second kappa shape index (κ2) is 5.63. The minimum Gasteiger partial charge on any atom is -0.370 e. The van der Waals surface area contributed by atoms with Gasteiger partial charge in [-0.25, -0.2) is 9.97 Å². The molecule has 0 aromatic carbocycles. The fourth-order valence-electron chi connectivity index (χ4n) is 1.83. The number of anilines is 2. The van der Waals surface area contributed by atoms with Crippen LogP contribution in [0.25, 0.3) is 0 Å². The number of hydrogen-bond acceptors (Lipinski definition) is 4. The molecule has 0 radical (unpaired) electrons. The van der Waals surface area contributed by atoms with E-state index in [-0.39, 0.29) is 6.04 Å². The van der Waals surface area contributed by atoms with Crippen molar-refractivity contribution in [2.24, 2.45) is 0 Å². The molecule has 0 atom stereocenters. The van der Waals surface area contributed by atoms with Crippen molar-refractivity contribution in [2.75, 3.05) is 23.3 Å². The Balaban J connectivity index is 2.12. The lowest BCUT2D eigenvalue weighted by Crippen LogP contribution is -2.36. The maximum Gasteiger partial charge on any atom is 0.405 e. The number of rotatable bonds is 6. The predicted octanol–water partition coefficient (Wildman–Crippen LogP) is 2.83. The number of hydrogen-bond donors (Lipinski definition) is 1. The van der Waals surface area contributed by atoms with E-state index in [0.717, 1.165) is 25.8 Å². The third-order valence-electron chi connectivity index (χ3n) is 2.84. The summed E-state index contributed by atoms with van der Waals surface area (Å²) in [4.78, 5) is 9.29. The van der Waals surface area contributed by atoms with Crippen molar-refractivity contribution in [3.05, 3.63) is 12.4 Å². The van der Waals surface area contributed by atoms with Gasteiger partial charge in [0.25, 0.3) is 0 Å². The lowest BCUT2D eigenvalue weighted by Gasteiger charge is -2.24. The summed E-state index contributed by atoms with van der Waals surface area (Å²) in [6.07, 6.45) is -0.409. The van der Waals surface area contributed by atoms with Crippen molar-refractivity contribution in [1.82, 2.24) is 9.97 Å². The zero-order chi connectivity index (χ0) is 13.9. The van der Waals surface area contributed by atoms with Gasteiger partial charge in [0, 0.05) is 18.7 Å². The van der Waals surface area contributed by atoms with E-state index in [1.807, 2.05) is 6.92 Å². The molecule has 0 unspecified atom stereocenters. The van der Waals surface area contributed by atoms with E-state index < -0.39 is 12.7 Å². The maximum absolute atomic E-state index is 12.6. The molecule has 1 aliphatic carbocycles. The summed E-state index contributed by atoms with van der Waals surface area (Å²) < 4.78 is 37.7. The van der Waals surface area contributed by atoms with Gasteiger partial charge in [0.1, 0.15) is 24.5 Å². The highest BCUT2D eigenvalue weighted by Gasteiger charge is 2.38. The standard InChI is InChI=1S/C12H17F3N4/c1-2-5-16-10-6-11(18-8-17-10)19(9-3-4-9)7-12(13,14)15/h6,8-9H,2-5,7H2,1H3,(H,16,17,18). The van der Waals surface area contributed by atoms with Crippen molar-refractivity contribution in [1.29, 1.82) is 0 Å². The Morgan fingerprint density at radius 3 is 2.68 bits per heavy atom. The molecule has 1 N–H and O–H groups in total. The van der Waals surface area contributed by atoms with E-state index >= 15 is 0 Å². The van der Waals surface area contributed by atoms with Crippen LogP contribution in [0.2, 0.25) is 0 Å². The average molecular weight is 274 g/mol. The summed E-state index contributed by atoms with van der Waals surface area (Å²) in [5.74, 6) is 0.910. The molecule has 1 aromatic heterocycles. The van der Waals surface area contributed by atoms with Crippen LogP contribution in [0.3, 0.4) is 0 Å². The van der Waals surface area contributed by atoms with Crippen molar-refractivity contribution in [3.63, 3.8) is 0 Å². The van der Waals surface area contributed by atoms with Crippen LogP contribution in [-0.2, 0) is 0 Å². The van der Waals surface area contributed by atoms with Crippen LogP contribution in [0, 0.1) is 0 Å². The minimum atomic E-state index is -4.22. The molecule has 4 nitrogen and oxygen atoms in total. The van der Waals surface area contributed by atoms with Crippen molar-refractivity contribution >= 4 is 11.6 Å². The van der Waals surface area contributed by atoms with E-state index in [2.05, 4.69) is 15.3 Å². The number of aromatic nitrogens is 2. The summed E-state index contributed by atoms with van der Waals surface area (Å²) in [6, 6.07) is 1.54. The van der Waals surface area contributed by atoms with E-state index in [0.29, 0.717) is 11.6 Å². The van der Waals surface area contributed by atoms with Crippen LogP contribution < -0.4 is 10.2 Å². The molecule has 0 bridgehead atoms. The Kier molecular flexibility index (Phi) is 4.11. The highest BCUT2D eigenvalue weighted by atomic mass is 19.4. The van der Waals surface area contributed by atoms with Crippen LogP contribution in [0.4, 0.5) is 24.8 Å². The van der Waals surface area contributed by atoms with Gasteiger partial charge in [-0.05, 0) is 19.3 Å². The molecule has 0 amide bonds. The molecule has 1 heterocycles. The molecule has 0 saturated heterocycles. The fourth-order valence-corrected chi connectivity index (χ4v) is 1.83. The first-order valence-electron chi connectivity index (χ1n) is 6.39. The molecule has 19 heavy (non-hydrogen) atoms. The zero-order valence-corrected chi connectivity index (χ0v) is 10.7. The van der Waals surface area contributed by atoms with Crippen LogP contribution in [0.5, 0.6) is 0 Å². The van der Waals surface area contributed by atoms with E-state index in [1.54, 1.807) is 6.07 Å². The van der Waals surface area contributed by atoms with Gasteiger partial charge in [-0.15, -0.1) is 0 Å². The molecule has 2 rings (SSSR count).